The zero-order chi connectivity index (χ0) is 22.7. The maximum Gasteiger partial charge on any atom is 0.295 e. The monoisotopic (exact) mass is 446 g/mol. The van der Waals surface area contributed by atoms with Crippen LogP contribution < -0.4 is 4.74 Å². The Labute approximate surface area is 185 Å². The summed E-state index contributed by atoms with van der Waals surface area (Å²) >= 11 is 6.24. The van der Waals surface area contributed by atoms with Gasteiger partial charge in [0.2, 0.25) is 0 Å². The van der Waals surface area contributed by atoms with Crippen molar-refractivity contribution >= 4 is 29.1 Å². The Hall–Kier alpha value is -2.90. The third-order valence-electron chi connectivity index (χ3n) is 5.02. The van der Waals surface area contributed by atoms with E-state index in [1.807, 2.05) is 25.9 Å². The van der Waals surface area contributed by atoms with E-state index in [-0.39, 0.29) is 28.5 Å². The first-order valence-electron chi connectivity index (χ1n) is 9.86. The van der Waals surface area contributed by atoms with Crippen molar-refractivity contribution in [2.24, 2.45) is 0 Å². The summed E-state index contributed by atoms with van der Waals surface area (Å²) in [7, 11) is 3.71. The number of hydrogen-bond acceptors (Lipinski definition) is 5. The third kappa shape index (κ3) is 4.73. The lowest BCUT2D eigenvalue weighted by molar-refractivity contribution is -0.140. The van der Waals surface area contributed by atoms with Gasteiger partial charge in [0.1, 0.15) is 17.3 Å². The fraction of sp³-hybridized carbons (Fsp3) is 0.304. The van der Waals surface area contributed by atoms with Gasteiger partial charge in [0.05, 0.1) is 23.2 Å². The Balaban J connectivity index is 2.12. The second-order valence-corrected chi connectivity index (χ2v) is 7.83. The first-order chi connectivity index (χ1) is 14.7. The van der Waals surface area contributed by atoms with E-state index >= 15 is 0 Å². The van der Waals surface area contributed by atoms with Crippen LogP contribution in [0.4, 0.5) is 4.39 Å². The van der Waals surface area contributed by atoms with Gasteiger partial charge in [-0.05, 0) is 56.9 Å². The lowest BCUT2D eigenvalue weighted by atomic mass is 9.95. The molecule has 31 heavy (non-hydrogen) atoms. The van der Waals surface area contributed by atoms with Gasteiger partial charge < -0.3 is 19.6 Å². The van der Waals surface area contributed by atoms with Crippen molar-refractivity contribution in [2.45, 2.75) is 13.0 Å². The van der Waals surface area contributed by atoms with Crippen LogP contribution >= 0.6 is 11.6 Å². The number of ether oxygens (including phenoxy) is 1. The normalized spacial score (nSPS) is 18.1. The lowest BCUT2D eigenvalue weighted by Gasteiger charge is -2.26. The zero-order valence-electron chi connectivity index (χ0n) is 17.6. The Bertz CT molecular complexity index is 1020. The molecule has 3 rings (SSSR count). The minimum atomic E-state index is -0.842. The number of nitrogens with zero attached hydrogens (tertiary/aromatic N) is 2. The fourth-order valence-corrected chi connectivity index (χ4v) is 3.72. The molecular formula is C23H24ClFN2O4. The van der Waals surface area contributed by atoms with Crippen molar-refractivity contribution in [2.75, 3.05) is 33.8 Å². The Morgan fingerprint density at radius 3 is 2.45 bits per heavy atom. The van der Waals surface area contributed by atoms with E-state index in [1.165, 1.54) is 35.2 Å². The first-order valence-corrected chi connectivity index (χ1v) is 10.2. The molecule has 0 aliphatic carbocycles. The summed E-state index contributed by atoms with van der Waals surface area (Å²) in [5.41, 5.74) is 0.750. The molecule has 1 heterocycles. The topological polar surface area (TPSA) is 70.1 Å². The zero-order valence-corrected chi connectivity index (χ0v) is 18.3. The highest BCUT2D eigenvalue weighted by molar-refractivity contribution is 6.46. The van der Waals surface area contributed by atoms with Crippen molar-refractivity contribution < 1.29 is 23.8 Å². The number of carbonyl (C=O) groups is 2. The number of likely N-dealkylation sites (N-methyl/N-ethyl adjacent to an activating group) is 1. The summed E-state index contributed by atoms with van der Waals surface area (Å²) in [6.07, 6.45) is 0. The van der Waals surface area contributed by atoms with Gasteiger partial charge in [0.15, 0.2) is 0 Å². The molecule has 0 bridgehead atoms. The maximum atomic E-state index is 13.5. The van der Waals surface area contributed by atoms with Crippen molar-refractivity contribution in [1.82, 2.24) is 9.80 Å². The molecule has 8 heteroatoms. The Morgan fingerprint density at radius 1 is 1.19 bits per heavy atom. The molecule has 164 valence electrons. The molecule has 0 spiro atoms. The van der Waals surface area contributed by atoms with Crippen LogP contribution in [-0.2, 0) is 9.59 Å². The number of likely N-dealkylation sites (tertiary alicyclic amines) is 1. The molecule has 2 aromatic carbocycles. The van der Waals surface area contributed by atoms with E-state index in [2.05, 4.69) is 0 Å². The Morgan fingerprint density at radius 2 is 1.87 bits per heavy atom. The fourth-order valence-electron chi connectivity index (χ4n) is 3.49. The SMILES string of the molecule is CCOc1ccc(/C(O)=C2\C(=O)C(=O)N(CCN(C)C)[C@@H]2c2ccc(F)cc2)cc1Cl. The molecule has 1 aliphatic rings. The van der Waals surface area contributed by atoms with Gasteiger partial charge in [0, 0.05) is 18.7 Å². The van der Waals surface area contributed by atoms with Crippen LogP contribution in [0, 0.1) is 5.82 Å². The van der Waals surface area contributed by atoms with Gasteiger partial charge in [-0.15, -0.1) is 0 Å². The second kappa shape index (κ2) is 9.49. The highest BCUT2D eigenvalue weighted by atomic mass is 35.5. The number of Topliss-reactive ketones (excluding diaryl/α,β-unsaturated/α-hetero) is 1. The van der Waals surface area contributed by atoms with E-state index in [1.54, 1.807) is 12.1 Å². The largest absolute Gasteiger partial charge is 0.507 e. The number of hydrogen-bond donors (Lipinski definition) is 1. The molecule has 1 fully saturated rings. The first kappa shape index (κ1) is 22.8. The van der Waals surface area contributed by atoms with Crippen LogP contribution in [0.5, 0.6) is 5.75 Å². The van der Waals surface area contributed by atoms with Gasteiger partial charge in [-0.25, -0.2) is 4.39 Å². The van der Waals surface area contributed by atoms with Crippen LogP contribution in [0.25, 0.3) is 5.76 Å². The average Bonchev–Trinajstić information content (AvgIpc) is 2.98. The summed E-state index contributed by atoms with van der Waals surface area (Å²) < 4.78 is 18.9. The van der Waals surface area contributed by atoms with Crippen molar-refractivity contribution in [3.8, 4) is 5.75 Å². The standard InChI is InChI=1S/C23H24ClFN2O4/c1-4-31-18-10-7-15(13-17(18)24)21(28)19-20(14-5-8-16(25)9-6-14)27(12-11-26(2)3)23(30)22(19)29/h5-10,13,20,28H,4,11-12H2,1-3H3/b21-19+/t20-/m1/s1. The highest BCUT2D eigenvalue weighted by Crippen LogP contribution is 2.40. The van der Waals surface area contributed by atoms with Crippen LogP contribution in [0.15, 0.2) is 48.0 Å². The smallest absolute Gasteiger partial charge is 0.295 e. The maximum absolute atomic E-state index is 13.5. The summed E-state index contributed by atoms with van der Waals surface area (Å²) in [6.45, 7) is 3.02. The van der Waals surface area contributed by atoms with Crippen molar-refractivity contribution in [3.05, 3.63) is 70.0 Å². The molecule has 2 aromatic rings. The molecule has 1 N–H and O–H groups in total. The molecule has 0 radical (unpaired) electrons. The molecule has 0 aromatic heterocycles. The molecule has 0 unspecified atom stereocenters. The van der Waals surface area contributed by atoms with Gasteiger partial charge in [-0.3, -0.25) is 9.59 Å². The van der Waals surface area contributed by atoms with E-state index in [4.69, 9.17) is 16.3 Å². The minimum Gasteiger partial charge on any atom is -0.507 e. The molecule has 1 amide bonds. The van der Waals surface area contributed by atoms with Crippen LogP contribution in [-0.4, -0.2) is 60.4 Å². The number of aliphatic hydroxyl groups is 1. The number of benzene rings is 2. The number of rotatable bonds is 7. The highest BCUT2D eigenvalue weighted by Gasteiger charge is 2.45. The number of halogens is 2. The van der Waals surface area contributed by atoms with E-state index in [0.29, 0.717) is 24.5 Å². The third-order valence-corrected chi connectivity index (χ3v) is 5.31. The lowest BCUT2D eigenvalue weighted by Crippen LogP contribution is -2.35. The molecule has 1 atom stereocenters. The van der Waals surface area contributed by atoms with Crippen molar-refractivity contribution in [1.29, 1.82) is 0 Å². The average molecular weight is 447 g/mol. The van der Waals surface area contributed by atoms with E-state index < -0.39 is 23.5 Å². The number of amides is 1. The van der Waals surface area contributed by atoms with Crippen LogP contribution in [0.2, 0.25) is 5.02 Å². The van der Waals surface area contributed by atoms with Crippen LogP contribution in [0.3, 0.4) is 0 Å². The van der Waals surface area contributed by atoms with Crippen molar-refractivity contribution in [3.63, 3.8) is 0 Å². The van der Waals surface area contributed by atoms with Gasteiger partial charge in [-0.1, -0.05) is 23.7 Å². The number of aliphatic hydroxyl groups excluding tert-OH is 1. The van der Waals surface area contributed by atoms with Gasteiger partial charge in [0.25, 0.3) is 11.7 Å². The summed E-state index contributed by atoms with van der Waals surface area (Å²) in [6, 6.07) is 9.34. The molecule has 1 saturated heterocycles. The number of ketones is 1. The molecule has 0 saturated carbocycles. The molecule has 6 nitrogen and oxygen atoms in total. The quantitative estimate of drug-likeness (QED) is 0.397. The summed E-state index contributed by atoms with van der Waals surface area (Å²) in [5, 5.41) is 11.3. The number of carbonyl (C=O) groups excluding carboxylic acids is 2. The molecule has 1 aliphatic heterocycles. The Kier molecular flexibility index (Phi) is 6.97. The predicted octanol–water partition coefficient (Wildman–Crippen LogP) is 3.86. The van der Waals surface area contributed by atoms with E-state index in [0.717, 1.165) is 0 Å². The minimum absolute atomic E-state index is 0.0596. The summed E-state index contributed by atoms with van der Waals surface area (Å²) in [4.78, 5) is 29.0. The summed E-state index contributed by atoms with van der Waals surface area (Å²) in [5.74, 6) is -1.84. The van der Waals surface area contributed by atoms with Crippen LogP contribution in [0.1, 0.15) is 24.1 Å². The van der Waals surface area contributed by atoms with Gasteiger partial charge >= 0.3 is 0 Å². The second-order valence-electron chi connectivity index (χ2n) is 7.43. The molecular weight excluding hydrogens is 423 g/mol. The van der Waals surface area contributed by atoms with E-state index in [9.17, 15) is 19.1 Å². The van der Waals surface area contributed by atoms with Gasteiger partial charge in [-0.2, -0.15) is 0 Å². The predicted molar refractivity (Wildman–Crippen MR) is 117 cm³/mol.